The normalized spacial score (nSPS) is 12.1. The molecule has 0 unspecified atom stereocenters. The molecule has 1 atom stereocenters. The molecule has 0 aromatic carbocycles. The molecule has 0 aromatic heterocycles. The Labute approximate surface area is 83.2 Å². The number of guanidine groups is 1. The van der Waals surface area contributed by atoms with Crippen molar-refractivity contribution in [2.75, 3.05) is 6.54 Å². The molecule has 0 aliphatic rings. The zero-order valence-corrected chi connectivity index (χ0v) is 8.15. The first-order valence-electron chi connectivity index (χ1n) is 4.54. The molecular formula is C8H18N4O2. The van der Waals surface area contributed by atoms with E-state index >= 15 is 0 Å². The van der Waals surface area contributed by atoms with Crippen LogP contribution in [0.1, 0.15) is 25.7 Å². The minimum absolute atomic E-state index is 0.0162. The van der Waals surface area contributed by atoms with E-state index < -0.39 is 12.0 Å². The average Bonchev–Trinajstić information content (AvgIpc) is 2.01. The molecule has 0 saturated heterocycles. The largest absolute Gasteiger partial charge is 0.393 e. The molecule has 14 heavy (non-hydrogen) atoms. The van der Waals surface area contributed by atoms with Crippen LogP contribution in [0, 0.1) is 0 Å². The highest BCUT2D eigenvalue weighted by Crippen LogP contribution is 2.03. The predicted octanol–water partition coefficient (Wildman–Crippen LogP) is -1.33. The molecule has 1 amide bonds. The third kappa shape index (κ3) is 8.79. The summed E-state index contributed by atoms with van der Waals surface area (Å²) in [5.41, 5.74) is 15.1. The fraction of sp³-hybridized carbons (Fsp3) is 0.750. The average molecular weight is 202 g/mol. The van der Waals surface area contributed by atoms with Crippen LogP contribution >= 0.6 is 0 Å². The van der Waals surface area contributed by atoms with E-state index in [1.807, 2.05) is 0 Å². The lowest BCUT2D eigenvalue weighted by molar-refractivity contribution is -0.119. The van der Waals surface area contributed by atoms with E-state index in [0.717, 1.165) is 12.8 Å². The standard InChI is InChI=1S/C8H18N4O2/c9-7(14)5-6(13)3-1-2-4-12-8(10)11/h6,13H,1-5H2,(H2,9,14)(H4,10,11,12)/t6-/m1/s1. The van der Waals surface area contributed by atoms with Gasteiger partial charge in [-0.1, -0.05) is 0 Å². The van der Waals surface area contributed by atoms with Gasteiger partial charge in [0.15, 0.2) is 5.96 Å². The lowest BCUT2D eigenvalue weighted by Crippen LogP contribution is -2.23. The monoisotopic (exact) mass is 202 g/mol. The van der Waals surface area contributed by atoms with Crippen molar-refractivity contribution < 1.29 is 9.90 Å². The second-order valence-corrected chi connectivity index (χ2v) is 3.13. The zero-order chi connectivity index (χ0) is 11.0. The number of aliphatic imine (C=N–C) groups is 1. The summed E-state index contributed by atoms with van der Waals surface area (Å²) in [5, 5.41) is 9.24. The van der Waals surface area contributed by atoms with Gasteiger partial charge in [-0.3, -0.25) is 9.79 Å². The van der Waals surface area contributed by atoms with E-state index in [1.54, 1.807) is 0 Å². The van der Waals surface area contributed by atoms with Crippen molar-refractivity contribution in [2.24, 2.45) is 22.2 Å². The van der Waals surface area contributed by atoms with Crippen molar-refractivity contribution in [3.63, 3.8) is 0 Å². The van der Waals surface area contributed by atoms with Crippen LogP contribution in [-0.4, -0.2) is 29.6 Å². The molecule has 0 radical (unpaired) electrons. The minimum Gasteiger partial charge on any atom is -0.393 e. The molecule has 0 aliphatic carbocycles. The fourth-order valence-electron chi connectivity index (χ4n) is 1.03. The number of amides is 1. The Morgan fingerprint density at radius 1 is 1.29 bits per heavy atom. The Bertz CT molecular complexity index is 202. The van der Waals surface area contributed by atoms with Gasteiger partial charge in [-0.05, 0) is 19.3 Å². The number of nitrogens with zero attached hydrogens (tertiary/aromatic N) is 1. The smallest absolute Gasteiger partial charge is 0.220 e. The summed E-state index contributed by atoms with van der Waals surface area (Å²) in [6.07, 6.45) is 1.47. The number of primary amides is 1. The second-order valence-electron chi connectivity index (χ2n) is 3.13. The number of nitrogens with two attached hydrogens (primary N) is 3. The first-order valence-corrected chi connectivity index (χ1v) is 4.54. The summed E-state index contributed by atoms with van der Waals surface area (Å²) in [4.78, 5) is 14.2. The Morgan fingerprint density at radius 2 is 1.93 bits per heavy atom. The van der Waals surface area contributed by atoms with Crippen LogP contribution in [0.15, 0.2) is 4.99 Å². The highest BCUT2D eigenvalue weighted by Gasteiger charge is 2.06. The molecule has 6 heteroatoms. The summed E-state index contributed by atoms with van der Waals surface area (Å²) in [6.45, 7) is 0.547. The third-order valence-electron chi connectivity index (χ3n) is 1.68. The van der Waals surface area contributed by atoms with Gasteiger partial charge in [0, 0.05) is 6.54 Å². The lowest BCUT2D eigenvalue weighted by atomic mass is 10.1. The lowest BCUT2D eigenvalue weighted by Gasteiger charge is -2.06. The van der Waals surface area contributed by atoms with Gasteiger partial charge in [-0.15, -0.1) is 0 Å². The maximum atomic E-state index is 10.4. The van der Waals surface area contributed by atoms with Gasteiger partial charge in [-0.25, -0.2) is 0 Å². The van der Waals surface area contributed by atoms with Gasteiger partial charge in [0.25, 0.3) is 0 Å². The number of aliphatic hydroxyl groups is 1. The van der Waals surface area contributed by atoms with Crippen LogP contribution in [0.2, 0.25) is 0 Å². The molecule has 0 heterocycles. The van der Waals surface area contributed by atoms with Crippen molar-refractivity contribution in [3.05, 3.63) is 0 Å². The van der Waals surface area contributed by atoms with Gasteiger partial charge in [0.1, 0.15) is 0 Å². The Balaban J connectivity index is 3.36. The van der Waals surface area contributed by atoms with Crippen LogP contribution < -0.4 is 17.2 Å². The minimum atomic E-state index is -0.647. The first-order chi connectivity index (χ1) is 6.52. The van der Waals surface area contributed by atoms with Gasteiger partial charge in [-0.2, -0.15) is 0 Å². The Kier molecular flexibility index (Phi) is 6.47. The number of aliphatic hydroxyl groups excluding tert-OH is 1. The van der Waals surface area contributed by atoms with Gasteiger partial charge >= 0.3 is 0 Å². The summed E-state index contributed by atoms with van der Waals surface area (Å²) in [6, 6.07) is 0. The molecule has 0 aromatic rings. The summed E-state index contributed by atoms with van der Waals surface area (Å²) >= 11 is 0. The number of carbonyl (C=O) groups is 1. The van der Waals surface area contributed by atoms with Crippen LogP contribution in [0.5, 0.6) is 0 Å². The fourth-order valence-corrected chi connectivity index (χ4v) is 1.03. The molecule has 0 spiro atoms. The van der Waals surface area contributed by atoms with Crippen molar-refractivity contribution in [1.82, 2.24) is 0 Å². The van der Waals surface area contributed by atoms with Crippen LogP contribution in [0.25, 0.3) is 0 Å². The molecule has 82 valence electrons. The van der Waals surface area contributed by atoms with Crippen molar-refractivity contribution >= 4 is 11.9 Å². The van der Waals surface area contributed by atoms with E-state index in [1.165, 1.54) is 0 Å². The van der Waals surface area contributed by atoms with Crippen molar-refractivity contribution in [2.45, 2.75) is 31.8 Å². The van der Waals surface area contributed by atoms with E-state index in [4.69, 9.17) is 17.2 Å². The number of unbranched alkanes of at least 4 members (excludes halogenated alkanes) is 1. The number of rotatable bonds is 7. The first kappa shape index (κ1) is 12.7. The highest BCUT2D eigenvalue weighted by molar-refractivity contribution is 5.75. The Morgan fingerprint density at radius 3 is 2.43 bits per heavy atom. The second kappa shape index (κ2) is 7.14. The van der Waals surface area contributed by atoms with E-state index in [-0.39, 0.29) is 12.4 Å². The molecule has 0 bridgehead atoms. The van der Waals surface area contributed by atoms with Gasteiger partial charge in [0.2, 0.25) is 5.91 Å². The maximum Gasteiger partial charge on any atom is 0.220 e. The predicted molar refractivity (Wildman–Crippen MR) is 54.3 cm³/mol. The van der Waals surface area contributed by atoms with Gasteiger partial charge in [0.05, 0.1) is 12.5 Å². The maximum absolute atomic E-state index is 10.4. The summed E-state index contributed by atoms with van der Waals surface area (Å²) < 4.78 is 0. The number of hydrogen-bond donors (Lipinski definition) is 4. The summed E-state index contributed by atoms with van der Waals surface area (Å²) in [7, 11) is 0. The SMILES string of the molecule is NC(=O)C[C@H](O)CCCCN=C(N)N. The topological polar surface area (TPSA) is 128 Å². The van der Waals surface area contributed by atoms with Crippen molar-refractivity contribution in [3.8, 4) is 0 Å². The Hall–Kier alpha value is -1.30. The highest BCUT2D eigenvalue weighted by atomic mass is 16.3. The molecular weight excluding hydrogens is 184 g/mol. The van der Waals surface area contributed by atoms with E-state index in [2.05, 4.69) is 4.99 Å². The molecule has 7 N–H and O–H groups in total. The molecule has 0 saturated carbocycles. The van der Waals surface area contributed by atoms with Gasteiger partial charge < -0.3 is 22.3 Å². The molecule has 0 rings (SSSR count). The quantitative estimate of drug-likeness (QED) is 0.231. The van der Waals surface area contributed by atoms with Crippen LogP contribution in [-0.2, 0) is 4.79 Å². The third-order valence-corrected chi connectivity index (χ3v) is 1.68. The number of carbonyl (C=O) groups excluding carboxylic acids is 1. The van der Waals surface area contributed by atoms with Crippen LogP contribution in [0.4, 0.5) is 0 Å². The van der Waals surface area contributed by atoms with E-state index in [9.17, 15) is 9.90 Å². The van der Waals surface area contributed by atoms with Crippen LogP contribution in [0.3, 0.4) is 0 Å². The molecule has 0 fully saturated rings. The molecule has 6 nitrogen and oxygen atoms in total. The molecule has 0 aliphatic heterocycles. The summed E-state index contributed by atoms with van der Waals surface area (Å²) in [5.74, 6) is -0.413. The zero-order valence-electron chi connectivity index (χ0n) is 8.15. The van der Waals surface area contributed by atoms with E-state index in [0.29, 0.717) is 13.0 Å². The number of hydrogen-bond acceptors (Lipinski definition) is 3. The van der Waals surface area contributed by atoms with Crippen molar-refractivity contribution in [1.29, 1.82) is 0 Å².